The molecular weight excluding hydrogens is 262 g/mol. The zero-order valence-corrected chi connectivity index (χ0v) is 11.9. The van der Waals surface area contributed by atoms with E-state index in [-0.39, 0.29) is 5.97 Å². The SMILES string of the molecule is CC(C)c1ncc(C(=O)OCCCn2cccn2)s1. The summed E-state index contributed by atoms with van der Waals surface area (Å²) in [5.41, 5.74) is 0. The van der Waals surface area contributed by atoms with Crippen molar-refractivity contribution in [1.29, 1.82) is 0 Å². The second kappa shape index (κ2) is 6.47. The Labute approximate surface area is 116 Å². The molecule has 0 saturated heterocycles. The van der Waals surface area contributed by atoms with E-state index < -0.39 is 0 Å². The van der Waals surface area contributed by atoms with E-state index in [2.05, 4.69) is 23.9 Å². The van der Waals surface area contributed by atoms with Gasteiger partial charge in [0.2, 0.25) is 0 Å². The quantitative estimate of drug-likeness (QED) is 0.602. The lowest BCUT2D eigenvalue weighted by Gasteiger charge is -2.03. The molecule has 0 amide bonds. The summed E-state index contributed by atoms with van der Waals surface area (Å²) in [6, 6.07) is 1.87. The minimum atomic E-state index is -0.287. The number of rotatable bonds is 6. The Morgan fingerprint density at radius 3 is 3.00 bits per heavy atom. The van der Waals surface area contributed by atoms with Crippen LogP contribution in [-0.2, 0) is 11.3 Å². The normalized spacial score (nSPS) is 10.9. The predicted octanol–water partition coefficient (Wildman–Crippen LogP) is 2.71. The molecule has 6 heteroatoms. The molecule has 5 nitrogen and oxygen atoms in total. The largest absolute Gasteiger partial charge is 0.461 e. The van der Waals surface area contributed by atoms with Gasteiger partial charge in [-0.05, 0) is 6.07 Å². The van der Waals surface area contributed by atoms with E-state index in [9.17, 15) is 4.79 Å². The Kier molecular flexibility index (Phi) is 4.68. The van der Waals surface area contributed by atoms with Crippen LogP contribution in [0.4, 0.5) is 0 Å². The lowest BCUT2D eigenvalue weighted by Crippen LogP contribution is -2.07. The molecule has 0 aliphatic heterocycles. The number of carbonyl (C=O) groups is 1. The Bertz CT molecular complexity index is 520. The first-order chi connectivity index (χ1) is 9.16. The Balaban J connectivity index is 1.74. The molecule has 0 aliphatic rings. The molecule has 0 aliphatic carbocycles. The van der Waals surface area contributed by atoms with E-state index in [0.29, 0.717) is 17.4 Å². The molecule has 0 saturated carbocycles. The molecule has 2 rings (SSSR count). The lowest BCUT2D eigenvalue weighted by atomic mass is 10.2. The van der Waals surface area contributed by atoms with Crippen molar-refractivity contribution in [3.63, 3.8) is 0 Å². The highest BCUT2D eigenvalue weighted by Crippen LogP contribution is 2.21. The zero-order valence-electron chi connectivity index (χ0n) is 11.1. The van der Waals surface area contributed by atoms with Gasteiger partial charge in [0.1, 0.15) is 4.88 Å². The fourth-order valence-corrected chi connectivity index (χ4v) is 2.36. The summed E-state index contributed by atoms with van der Waals surface area (Å²) >= 11 is 1.40. The molecule has 19 heavy (non-hydrogen) atoms. The topological polar surface area (TPSA) is 57.0 Å². The molecule has 0 atom stereocenters. The maximum Gasteiger partial charge on any atom is 0.349 e. The number of esters is 1. The maximum atomic E-state index is 11.8. The predicted molar refractivity (Wildman–Crippen MR) is 73.3 cm³/mol. The lowest BCUT2D eigenvalue weighted by molar-refractivity contribution is 0.0500. The summed E-state index contributed by atoms with van der Waals surface area (Å²) in [6.45, 7) is 5.25. The number of aryl methyl sites for hydroxylation is 1. The summed E-state index contributed by atoms with van der Waals surface area (Å²) in [6.07, 6.45) is 5.97. The van der Waals surface area contributed by atoms with Crippen molar-refractivity contribution in [2.75, 3.05) is 6.61 Å². The number of ether oxygens (including phenoxy) is 1. The average molecular weight is 279 g/mol. The van der Waals surface area contributed by atoms with Crippen LogP contribution in [0.1, 0.15) is 40.9 Å². The number of thiazole rings is 1. The molecule has 0 radical (unpaired) electrons. The average Bonchev–Trinajstić information content (AvgIpc) is 3.05. The van der Waals surface area contributed by atoms with Crippen molar-refractivity contribution in [3.05, 3.63) is 34.5 Å². The molecular formula is C13H17N3O2S. The minimum Gasteiger partial charge on any atom is -0.461 e. The molecule has 0 bridgehead atoms. The van der Waals surface area contributed by atoms with Crippen LogP contribution in [-0.4, -0.2) is 27.3 Å². The summed E-state index contributed by atoms with van der Waals surface area (Å²) in [4.78, 5) is 16.5. The first-order valence-corrected chi connectivity index (χ1v) is 7.08. The Morgan fingerprint density at radius 1 is 1.53 bits per heavy atom. The highest BCUT2D eigenvalue weighted by Gasteiger charge is 2.13. The van der Waals surface area contributed by atoms with Crippen LogP contribution < -0.4 is 0 Å². The van der Waals surface area contributed by atoms with Gasteiger partial charge in [0.25, 0.3) is 0 Å². The standard InChI is InChI=1S/C13H17N3O2S/c1-10(2)12-14-9-11(19-12)13(17)18-8-4-7-16-6-3-5-15-16/h3,5-6,9-10H,4,7-8H2,1-2H3. The van der Waals surface area contributed by atoms with Crippen LogP contribution in [0.25, 0.3) is 0 Å². The second-order valence-electron chi connectivity index (χ2n) is 4.48. The van der Waals surface area contributed by atoms with Crippen LogP contribution in [0.5, 0.6) is 0 Å². The molecule has 102 valence electrons. The van der Waals surface area contributed by atoms with Crippen LogP contribution in [0.3, 0.4) is 0 Å². The summed E-state index contributed by atoms with van der Waals surface area (Å²) in [5.74, 6) is 0.0521. The maximum absolute atomic E-state index is 11.8. The zero-order chi connectivity index (χ0) is 13.7. The number of aromatic nitrogens is 3. The molecule has 2 aromatic rings. The third kappa shape index (κ3) is 3.89. The number of hydrogen-bond donors (Lipinski definition) is 0. The van der Waals surface area contributed by atoms with Crippen molar-refractivity contribution in [2.45, 2.75) is 32.7 Å². The van der Waals surface area contributed by atoms with Gasteiger partial charge in [0.05, 0.1) is 17.8 Å². The number of hydrogen-bond acceptors (Lipinski definition) is 5. The van der Waals surface area contributed by atoms with Crippen LogP contribution in [0.2, 0.25) is 0 Å². The second-order valence-corrected chi connectivity index (χ2v) is 5.54. The van der Waals surface area contributed by atoms with Crippen molar-refractivity contribution in [3.8, 4) is 0 Å². The van der Waals surface area contributed by atoms with Crippen molar-refractivity contribution in [2.24, 2.45) is 0 Å². The van der Waals surface area contributed by atoms with E-state index in [1.54, 1.807) is 12.4 Å². The van der Waals surface area contributed by atoms with Crippen LogP contribution in [0.15, 0.2) is 24.7 Å². The smallest absolute Gasteiger partial charge is 0.349 e. The van der Waals surface area contributed by atoms with E-state index in [1.807, 2.05) is 16.9 Å². The van der Waals surface area contributed by atoms with Crippen LogP contribution in [0, 0.1) is 0 Å². The van der Waals surface area contributed by atoms with Gasteiger partial charge >= 0.3 is 5.97 Å². The van der Waals surface area contributed by atoms with Gasteiger partial charge in [-0.3, -0.25) is 4.68 Å². The molecule has 2 heterocycles. The number of nitrogens with zero attached hydrogens (tertiary/aromatic N) is 3. The molecule has 0 spiro atoms. The van der Waals surface area contributed by atoms with Gasteiger partial charge in [-0.25, -0.2) is 9.78 Å². The van der Waals surface area contributed by atoms with Crippen molar-refractivity contribution >= 4 is 17.3 Å². The summed E-state index contributed by atoms with van der Waals surface area (Å²) in [7, 11) is 0. The fourth-order valence-electron chi connectivity index (χ4n) is 1.54. The van der Waals surface area contributed by atoms with Crippen molar-refractivity contribution < 1.29 is 9.53 Å². The Morgan fingerprint density at radius 2 is 2.37 bits per heavy atom. The monoisotopic (exact) mass is 279 g/mol. The molecule has 0 N–H and O–H groups in total. The van der Waals surface area contributed by atoms with E-state index in [1.165, 1.54) is 11.3 Å². The van der Waals surface area contributed by atoms with Crippen LogP contribution >= 0.6 is 11.3 Å². The Hall–Kier alpha value is -1.69. The molecule has 2 aromatic heterocycles. The fraction of sp³-hybridized carbons (Fsp3) is 0.462. The van der Waals surface area contributed by atoms with Gasteiger partial charge in [-0.1, -0.05) is 13.8 Å². The number of carbonyl (C=O) groups excluding carboxylic acids is 1. The first kappa shape index (κ1) is 13.7. The van der Waals surface area contributed by atoms with E-state index in [0.717, 1.165) is 18.0 Å². The summed E-state index contributed by atoms with van der Waals surface area (Å²) < 4.78 is 7.03. The molecule has 0 fully saturated rings. The van der Waals surface area contributed by atoms with Gasteiger partial charge in [-0.2, -0.15) is 5.10 Å². The molecule has 0 aromatic carbocycles. The highest BCUT2D eigenvalue weighted by molar-refractivity contribution is 7.13. The van der Waals surface area contributed by atoms with Crippen molar-refractivity contribution in [1.82, 2.24) is 14.8 Å². The van der Waals surface area contributed by atoms with Gasteiger partial charge in [0.15, 0.2) is 0 Å². The van der Waals surface area contributed by atoms with Gasteiger partial charge in [0, 0.05) is 31.3 Å². The van der Waals surface area contributed by atoms with Gasteiger partial charge < -0.3 is 4.74 Å². The first-order valence-electron chi connectivity index (χ1n) is 6.27. The van der Waals surface area contributed by atoms with E-state index >= 15 is 0 Å². The summed E-state index contributed by atoms with van der Waals surface area (Å²) in [5, 5.41) is 5.04. The third-order valence-corrected chi connectivity index (χ3v) is 3.82. The van der Waals surface area contributed by atoms with E-state index in [4.69, 9.17) is 4.74 Å². The third-order valence-electron chi connectivity index (χ3n) is 2.54. The van der Waals surface area contributed by atoms with Gasteiger partial charge in [-0.15, -0.1) is 11.3 Å². The minimum absolute atomic E-state index is 0.287. The highest BCUT2D eigenvalue weighted by atomic mass is 32.1. The molecule has 0 unspecified atom stereocenters.